The maximum absolute atomic E-state index is 14.4. The van der Waals surface area contributed by atoms with Crippen molar-refractivity contribution in [3.05, 3.63) is 89.0 Å². The molecule has 3 aromatic carbocycles. The maximum atomic E-state index is 14.4. The van der Waals surface area contributed by atoms with Crippen LogP contribution in [0, 0.1) is 10.1 Å². The number of ether oxygens (including phenoxy) is 1. The Bertz CT molecular complexity index is 991. The lowest BCUT2D eigenvalue weighted by atomic mass is 10.3. The van der Waals surface area contributed by atoms with Crippen molar-refractivity contribution in [3.63, 3.8) is 0 Å². The van der Waals surface area contributed by atoms with Crippen molar-refractivity contribution in [2.45, 2.75) is 6.92 Å². The van der Waals surface area contributed by atoms with E-state index in [1.807, 2.05) is 0 Å². The first-order valence-electron chi connectivity index (χ1n) is 8.12. The molecule has 0 heterocycles. The zero-order chi connectivity index (χ0) is 19.4. The fraction of sp³-hybridized carbons (Fsp3) is 0.0500. The van der Waals surface area contributed by atoms with Crippen LogP contribution in [0.25, 0.3) is 0 Å². The third-order valence-corrected chi connectivity index (χ3v) is 7.08. The van der Waals surface area contributed by atoms with E-state index in [4.69, 9.17) is 4.74 Å². The molecule has 3 aromatic rings. The van der Waals surface area contributed by atoms with Gasteiger partial charge in [-0.25, -0.2) is 0 Å². The van der Waals surface area contributed by atoms with Crippen LogP contribution in [-0.2, 0) is 9.36 Å². The van der Waals surface area contributed by atoms with Gasteiger partial charge in [-0.05, 0) is 6.07 Å². The Labute approximate surface area is 155 Å². The number of esters is 1. The summed E-state index contributed by atoms with van der Waals surface area (Å²) >= 11 is 0. The Hall–Kier alpha value is -3.24. The molecule has 0 amide bonds. The molecule has 0 aliphatic carbocycles. The Morgan fingerprint density at radius 2 is 1.41 bits per heavy atom. The standard InChI is InChI=1S/C20H16NO5P/c1-15(22)26-20-18(21(23)24)13-8-14-19(20)27(25,16-9-4-2-5-10-16)17-11-6-3-7-12-17/h2-14H,1H3. The van der Waals surface area contributed by atoms with Gasteiger partial charge in [0, 0.05) is 23.6 Å². The SMILES string of the molecule is CC(=O)Oc1c([N+](=O)[O-])cccc1P(=O)(c1ccccc1)c1ccccc1. The summed E-state index contributed by atoms with van der Waals surface area (Å²) in [5, 5.41) is 12.6. The predicted octanol–water partition coefficient (Wildman–Crippen LogP) is 3.16. The molecule has 27 heavy (non-hydrogen) atoms. The molecule has 0 spiro atoms. The Morgan fingerprint density at radius 1 is 0.889 bits per heavy atom. The second kappa shape index (κ2) is 7.56. The number of para-hydroxylation sites is 1. The largest absolute Gasteiger partial charge is 0.418 e. The van der Waals surface area contributed by atoms with Gasteiger partial charge < -0.3 is 9.30 Å². The maximum Gasteiger partial charge on any atom is 0.312 e. The molecule has 6 nitrogen and oxygen atoms in total. The highest BCUT2D eigenvalue weighted by Gasteiger charge is 2.36. The van der Waals surface area contributed by atoms with Gasteiger partial charge in [0.2, 0.25) is 5.75 Å². The first-order chi connectivity index (χ1) is 12.9. The number of rotatable bonds is 5. The number of hydrogen-bond acceptors (Lipinski definition) is 5. The molecule has 0 aliphatic rings. The Morgan fingerprint density at radius 3 is 1.85 bits per heavy atom. The van der Waals surface area contributed by atoms with Crippen molar-refractivity contribution < 1.29 is 19.0 Å². The zero-order valence-electron chi connectivity index (χ0n) is 14.4. The molecule has 0 aromatic heterocycles. The van der Waals surface area contributed by atoms with Crippen molar-refractivity contribution in [1.29, 1.82) is 0 Å². The number of nitro groups is 1. The normalized spacial score (nSPS) is 11.0. The van der Waals surface area contributed by atoms with Gasteiger partial charge in [0.05, 0.1) is 10.2 Å². The van der Waals surface area contributed by atoms with Crippen LogP contribution in [0.4, 0.5) is 5.69 Å². The third kappa shape index (κ3) is 3.52. The highest BCUT2D eigenvalue weighted by molar-refractivity contribution is 7.85. The molecule has 0 unspecified atom stereocenters. The van der Waals surface area contributed by atoms with E-state index in [0.717, 1.165) is 6.92 Å². The summed E-state index contributed by atoms with van der Waals surface area (Å²) in [5.41, 5.74) is -0.408. The molecule has 0 saturated heterocycles. The summed E-state index contributed by atoms with van der Waals surface area (Å²) in [6.45, 7) is 1.15. The molecule has 0 radical (unpaired) electrons. The number of benzene rings is 3. The van der Waals surface area contributed by atoms with Crippen LogP contribution in [0.1, 0.15) is 6.92 Å². The first-order valence-corrected chi connectivity index (χ1v) is 9.83. The van der Waals surface area contributed by atoms with Crippen molar-refractivity contribution in [2.24, 2.45) is 0 Å². The van der Waals surface area contributed by atoms with Gasteiger partial charge in [-0.1, -0.05) is 66.7 Å². The summed E-state index contributed by atoms with van der Waals surface area (Å²) in [5.74, 6) is -1.01. The second-order valence-electron chi connectivity index (χ2n) is 5.76. The summed E-state index contributed by atoms with van der Waals surface area (Å²) in [7, 11) is -3.52. The van der Waals surface area contributed by atoms with Gasteiger partial charge in [-0.2, -0.15) is 0 Å². The molecule has 0 atom stereocenters. The average molecular weight is 381 g/mol. The molecule has 0 saturated carbocycles. The smallest absolute Gasteiger partial charge is 0.312 e. The van der Waals surface area contributed by atoms with E-state index in [1.54, 1.807) is 60.7 Å². The predicted molar refractivity (Wildman–Crippen MR) is 104 cm³/mol. The van der Waals surface area contributed by atoms with Crippen molar-refractivity contribution in [2.75, 3.05) is 0 Å². The third-order valence-electron chi connectivity index (χ3n) is 3.99. The number of carbonyl (C=O) groups is 1. The minimum Gasteiger partial charge on any atom is -0.418 e. The molecule has 0 N–H and O–H groups in total. The molecule has 3 rings (SSSR count). The van der Waals surface area contributed by atoms with Crippen LogP contribution in [0.2, 0.25) is 0 Å². The van der Waals surface area contributed by atoms with Gasteiger partial charge in [-0.3, -0.25) is 14.9 Å². The quantitative estimate of drug-likeness (QED) is 0.223. The summed E-state index contributed by atoms with van der Waals surface area (Å²) in [6.07, 6.45) is 0. The lowest BCUT2D eigenvalue weighted by Crippen LogP contribution is -2.27. The van der Waals surface area contributed by atoms with Crippen molar-refractivity contribution in [3.8, 4) is 5.75 Å². The zero-order valence-corrected chi connectivity index (χ0v) is 15.3. The highest BCUT2D eigenvalue weighted by Crippen LogP contribution is 2.47. The average Bonchev–Trinajstić information content (AvgIpc) is 2.68. The number of hydrogen-bond donors (Lipinski definition) is 0. The van der Waals surface area contributed by atoms with Crippen molar-refractivity contribution >= 4 is 34.7 Å². The summed E-state index contributed by atoms with van der Waals surface area (Å²) in [4.78, 5) is 22.4. The van der Waals surface area contributed by atoms with Crippen LogP contribution in [0.15, 0.2) is 78.9 Å². The molecule has 0 bridgehead atoms. The number of nitro benzene ring substituents is 1. The van der Waals surface area contributed by atoms with E-state index in [-0.39, 0.29) is 11.1 Å². The minimum absolute atomic E-state index is 0.115. The number of carbonyl (C=O) groups excluding carboxylic acids is 1. The van der Waals surface area contributed by atoms with Gasteiger partial charge >= 0.3 is 11.7 Å². The Kier molecular flexibility index (Phi) is 5.19. The summed E-state index contributed by atoms with van der Waals surface area (Å²) in [6, 6.07) is 21.5. The van der Waals surface area contributed by atoms with E-state index >= 15 is 0 Å². The molecular weight excluding hydrogens is 365 g/mol. The molecule has 136 valence electrons. The monoisotopic (exact) mass is 381 g/mol. The van der Waals surface area contributed by atoms with Crippen LogP contribution in [0.3, 0.4) is 0 Å². The molecular formula is C20H16NO5P. The lowest BCUT2D eigenvalue weighted by Gasteiger charge is -2.21. The van der Waals surface area contributed by atoms with Gasteiger partial charge in [-0.15, -0.1) is 0 Å². The highest BCUT2D eigenvalue weighted by atomic mass is 31.2. The molecule has 7 heteroatoms. The van der Waals surface area contributed by atoms with E-state index in [1.165, 1.54) is 18.2 Å². The Balaban J connectivity index is 2.38. The van der Waals surface area contributed by atoms with Crippen LogP contribution in [0.5, 0.6) is 5.75 Å². The van der Waals surface area contributed by atoms with Crippen LogP contribution in [-0.4, -0.2) is 10.9 Å². The topological polar surface area (TPSA) is 86.5 Å². The van der Waals surface area contributed by atoms with E-state index < -0.39 is 23.7 Å². The summed E-state index contributed by atoms with van der Waals surface area (Å²) < 4.78 is 19.6. The molecule has 0 fully saturated rings. The van der Waals surface area contributed by atoms with Crippen molar-refractivity contribution in [1.82, 2.24) is 0 Å². The van der Waals surface area contributed by atoms with E-state index in [2.05, 4.69) is 0 Å². The van der Waals surface area contributed by atoms with E-state index in [9.17, 15) is 19.5 Å². The van der Waals surface area contributed by atoms with Gasteiger partial charge in [0.1, 0.15) is 0 Å². The van der Waals surface area contributed by atoms with Crippen LogP contribution >= 0.6 is 7.14 Å². The fourth-order valence-electron chi connectivity index (χ4n) is 2.86. The van der Waals surface area contributed by atoms with Gasteiger partial charge in [0.25, 0.3) is 0 Å². The second-order valence-corrected chi connectivity index (χ2v) is 8.49. The van der Waals surface area contributed by atoms with Crippen LogP contribution < -0.4 is 20.7 Å². The fourth-order valence-corrected chi connectivity index (χ4v) is 5.64. The lowest BCUT2D eigenvalue weighted by molar-refractivity contribution is -0.385. The first kappa shape index (κ1) is 18.5. The van der Waals surface area contributed by atoms with E-state index in [0.29, 0.717) is 10.6 Å². The molecule has 0 aliphatic heterocycles. The number of nitrogens with zero attached hydrogens (tertiary/aromatic N) is 1. The minimum atomic E-state index is -3.52. The van der Waals surface area contributed by atoms with Gasteiger partial charge in [0.15, 0.2) is 7.14 Å².